The summed E-state index contributed by atoms with van der Waals surface area (Å²) in [6.07, 6.45) is 2.29. The third-order valence-electron chi connectivity index (χ3n) is 5.34. The molecule has 1 fully saturated rings. The van der Waals surface area contributed by atoms with E-state index in [4.69, 9.17) is 14.2 Å². The molecule has 1 saturated heterocycles. The minimum atomic E-state index is -0.432. The number of hydrogen-bond donors (Lipinski definition) is 1. The molecule has 2 aromatic carbocycles. The molecule has 0 atom stereocenters. The predicted octanol–water partition coefficient (Wildman–Crippen LogP) is 3.40. The summed E-state index contributed by atoms with van der Waals surface area (Å²) in [7, 11) is 2.13. The highest BCUT2D eigenvalue weighted by Crippen LogP contribution is 2.16. The zero-order valence-electron chi connectivity index (χ0n) is 18.0. The minimum absolute atomic E-state index is 0.122. The van der Waals surface area contributed by atoms with Crippen molar-refractivity contribution >= 4 is 5.91 Å². The summed E-state index contributed by atoms with van der Waals surface area (Å²) in [6, 6.07) is 14.4. The van der Waals surface area contributed by atoms with E-state index in [0.29, 0.717) is 19.2 Å². The van der Waals surface area contributed by atoms with E-state index in [0.717, 1.165) is 43.9 Å². The van der Waals surface area contributed by atoms with Crippen LogP contribution in [0.2, 0.25) is 0 Å². The Labute approximate surface area is 183 Å². The molecule has 0 bridgehead atoms. The molecule has 6 nitrogen and oxygen atoms in total. The number of halogens is 1. The van der Waals surface area contributed by atoms with Gasteiger partial charge in [-0.15, -0.1) is 0 Å². The number of rotatable bonds is 11. The molecule has 1 amide bonds. The number of carbonyl (C=O) groups is 1. The highest BCUT2D eigenvalue weighted by molar-refractivity contribution is 5.76. The lowest BCUT2D eigenvalue weighted by atomic mass is 10.1. The molecule has 0 unspecified atom stereocenters. The SMILES string of the molecule is CN(CCOc1cccc(CNC(=O)CCOc2ccccc2F)c1)C1CCOCC1. The van der Waals surface area contributed by atoms with Gasteiger partial charge >= 0.3 is 0 Å². The Morgan fingerprint density at radius 1 is 1.13 bits per heavy atom. The van der Waals surface area contributed by atoms with E-state index in [2.05, 4.69) is 17.3 Å². The van der Waals surface area contributed by atoms with Gasteiger partial charge in [0.15, 0.2) is 11.6 Å². The number of hydrogen-bond acceptors (Lipinski definition) is 5. The molecule has 1 N–H and O–H groups in total. The first-order valence-corrected chi connectivity index (χ1v) is 10.8. The van der Waals surface area contributed by atoms with Crippen molar-refractivity contribution in [1.29, 1.82) is 0 Å². The van der Waals surface area contributed by atoms with Gasteiger partial charge in [-0.3, -0.25) is 9.69 Å². The van der Waals surface area contributed by atoms with Gasteiger partial charge < -0.3 is 19.5 Å². The lowest BCUT2D eigenvalue weighted by Gasteiger charge is -2.31. The molecule has 0 spiro atoms. The number of ether oxygens (including phenoxy) is 3. The lowest BCUT2D eigenvalue weighted by molar-refractivity contribution is -0.121. The van der Waals surface area contributed by atoms with Gasteiger partial charge in [0, 0.05) is 32.3 Å². The largest absolute Gasteiger partial charge is 0.492 e. The van der Waals surface area contributed by atoms with E-state index in [1.54, 1.807) is 18.2 Å². The van der Waals surface area contributed by atoms with Crippen molar-refractivity contribution in [3.05, 3.63) is 59.9 Å². The van der Waals surface area contributed by atoms with Gasteiger partial charge in [0.05, 0.1) is 13.0 Å². The molecule has 3 rings (SSSR count). The Morgan fingerprint density at radius 2 is 1.94 bits per heavy atom. The van der Waals surface area contributed by atoms with Crippen LogP contribution in [0.5, 0.6) is 11.5 Å². The second-order valence-electron chi connectivity index (χ2n) is 7.63. The van der Waals surface area contributed by atoms with Crippen molar-refractivity contribution in [2.24, 2.45) is 0 Å². The van der Waals surface area contributed by atoms with Crippen LogP contribution in [0, 0.1) is 5.82 Å². The zero-order valence-corrected chi connectivity index (χ0v) is 18.0. The van der Waals surface area contributed by atoms with Crippen molar-refractivity contribution in [2.75, 3.05) is 40.0 Å². The zero-order chi connectivity index (χ0) is 21.9. The number of nitrogens with zero attached hydrogens (tertiary/aromatic N) is 1. The summed E-state index contributed by atoms with van der Waals surface area (Å²) in [4.78, 5) is 14.4. The lowest BCUT2D eigenvalue weighted by Crippen LogP contribution is -2.38. The van der Waals surface area contributed by atoms with Gasteiger partial charge in [-0.05, 0) is 49.7 Å². The molecule has 168 valence electrons. The second kappa shape index (κ2) is 12.3. The van der Waals surface area contributed by atoms with Crippen molar-refractivity contribution in [3.8, 4) is 11.5 Å². The fraction of sp³-hybridized carbons (Fsp3) is 0.458. The Balaban J connectivity index is 1.34. The van der Waals surface area contributed by atoms with E-state index in [1.807, 2.05) is 24.3 Å². The van der Waals surface area contributed by atoms with Crippen LogP contribution in [-0.2, 0) is 16.1 Å². The number of benzene rings is 2. The molecular weight excluding hydrogens is 399 g/mol. The van der Waals surface area contributed by atoms with Gasteiger partial charge in [-0.2, -0.15) is 0 Å². The fourth-order valence-corrected chi connectivity index (χ4v) is 3.47. The van der Waals surface area contributed by atoms with Crippen LogP contribution < -0.4 is 14.8 Å². The van der Waals surface area contributed by atoms with Crippen molar-refractivity contribution in [3.63, 3.8) is 0 Å². The highest BCUT2D eigenvalue weighted by Gasteiger charge is 2.18. The third-order valence-corrected chi connectivity index (χ3v) is 5.34. The van der Waals surface area contributed by atoms with E-state index in [1.165, 1.54) is 6.07 Å². The third kappa shape index (κ3) is 7.84. The predicted molar refractivity (Wildman–Crippen MR) is 117 cm³/mol. The van der Waals surface area contributed by atoms with E-state index in [-0.39, 0.29) is 24.7 Å². The first-order chi connectivity index (χ1) is 15.1. The molecule has 0 aromatic heterocycles. The molecule has 2 aromatic rings. The van der Waals surface area contributed by atoms with Gasteiger partial charge in [-0.25, -0.2) is 4.39 Å². The van der Waals surface area contributed by atoms with E-state index >= 15 is 0 Å². The van der Waals surface area contributed by atoms with Crippen LogP contribution in [-0.4, -0.2) is 56.9 Å². The molecule has 0 saturated carbocycles. The van der Waals surface area contributed by atoms with Crippen LogP contribution in [0.15, 0.2) is 48.5 Å². The molecule has 7 heteroatoms. The molecule has 0 aliphatic carbocycles. The maximum absolute atomic E-state index is 13.5. The summed E-state index contributed by atoms with van der Waals surface area (Å²) < 4.78 is 30.1. The van der Waals surface area contributed by atoms with E-state index in [9.17, 15) is 9.18 Å². The van der Waals surface area contributed by atoms with Crippen LogP contribution >= 0.6 is 0 Å². The molecule has 0 radical (unpaired) electrons. The van der Waals surface area contributed by atoms with Gasteiger partial charge in [0.1, 0.15) is 12.4 Å². The smallest absolute Gasteiger partial charge is 0.223 e. The average molecular weight is 431 g/mol. The number of likely N-dealkylation sites (N-methyl/N-ethyl adjacent to an activating group) is 1. The summed E-state index contributed by atoms with van der Waals surface area (Å²) in [5, 5.41) is 2.86. The molecular formula is C24H31FN2O4. The summed E-state index contributed by atoms with van der Waals surface area (Å²) >= 11 is 0. The topological polar surface area (TPSA) is 60.0 Å². The average Bonchev–Trinajstić information content (AvgIpc) is 2.80. The first kappa shape index (κ1) is 23.0. The quantitative estimate of drug-likeness (QED) is 0.592. The number of nitrogens with one attached hydrogen (secondary N) is 1. The van der Waals surface area contributed by atoms with Crippen LogP contribution in [0.25, 0.3) is 0 Å². The maximum Gasteiger partial charge on any atom is 0.223 e. The Kier molecular flexibility index (Phi) is 9.12. The van der Waals surface area contributed by atoms with Crippen molar-refractivity contribution in [1.82, 2.24) is 10.2 Å². The molecule has 1 aliphatic rings. The van der Waals surface area contributed by atoms with Crippen molar-refractivity contribution < 1.29 is 23.4 Å². The van der Waals surface area contributed by atoms with E-state index < -0.39 is 5.82 Å². The first-order valence-electron chi connectivity index (χ1n) is 10.8. The van der Waals surface area contributed by atoms with Gasteiger partial charge in [0.2, 0.25) is 5.91 Å². The van der Waals surface area contributed by atoms with Crippen LogP contribution in [0.4, 0.5) is 4.39 Å². The maximum atomic E-state index is 13.5. The fourth-order valence-electron chi connectivity index (χ4n) is 3.47. The summed E-state index contributed by atoms with van der Waals surface area (Å²) in [5.74, 6) is 0.358. The molecule has 1 heterocycles. The Morgan fingerprint density at radius 3 is 2.74 bits per heavy atom. The van der Waals surface area contributed by atoms with Crippen molar-refractivity contribution in [2.45, 2.75) is 31.8 Å². The highest BCUT2D eigenvalue weighted by atomic mass is 19.1. The monoisotopic (exact) mass is 430 g/mol. The molecule has 1 aliphatic heterocycles. The van der Waals surface area contributed by atoms with Gasteiger partial charge in [-0.1, -0.05) is 24.3 Å². The van der Waals surface area contributed by atoms with Crippen LogP contribution in [0.3, 0.4) is 0 Å². The normalized spacial score (nSPS) is 14.4. The number of amides is 1. The summed E-state index contributed by atoms with van der Waals surface area (Å²) in [6.45, 7) is 3.65. The Hall–Kier alpha value is -2.64. The Bertz CT molecular complexity index is 827. The number of carbonyl (C=O) groups excluding carboxylic acids is 1. The van der Waals surface area contributed by atoms with Crippen LogP contribution in [0.1, 0.15) is 24.8 Å². The number of para-hydroxylation sites is 1. The second-order valence-corrected chi connectivity index (χ2v) is 7.63. The standard InChI is InChI=1S/C24H31FN2O4/c1-27(20-9-13-29-14-10-20)12-16-30-21-6-4-5-19(17-21)18-26-24(28)11-15-31-23-8-3-2-7-22(23)25/h2-8,17,20H,9-16,18H2,1H3,(H,26,28). The molecule has 31 heavy (non-hydrogen) atoms. The minimum Gasteiger partial charge on any atom is -0.492 e. The summed E-state index contributed by atoms with van der Waals surface area (Å²) in [5.41, 5.74) is 0.957. The van der Waals surface area contributed by atoms with Gasteiger partial charge in [0.25, 0.3) is 0 Å².